The van der Waals surface area contributed by atoms with Crippen LogP contribution in [0.5, 0.6) is 0 Å². The van der Waals surface area contributed by atoms with E-state index in [1.165, 1.54) is 22.3 Å². The highest BCUT2D eigenvalue weighted by molar-refractivity contribution is 7.15. The van der Waals surface area contributed by atoms with E-state index in [0.717, 1.165) is 21.1 Å². The first-order valence-electron chi connectivity index (χ1n) is 11.4. The van der Waals surface area contributed by atoms with Crippen molar-refractivity contribution in [1.82, 2.24) is 19.8 Å². The number of nitrogens with zero attached hydrogens (tertiary/aromatic N) is 4. The monoisotopic (exact) mass is 516 g/mol. The number of carbonyl (C=O) groups is 1. The average molecular weight is 517 g/mol. The molecule has 3 heterocycles. The van der Waals surface area contributed by atoms with Crippen molar-refractivity contribution in [2.75, 3.05) is 43.4 Å². The number of aromatic nitrogens is 2. The highest BCUT2D eigenvalue weighted by atomic mass is 32.1. The van der Waals surface area contributed by atoms with Gasteiger partial charge in [-0.05, 0) is 42.8 Å². The predicted molar refractivity (Wildman–Crippen MR) is 136 cm³/mol. The van der Waals surface area contributed by atoms with E-state index in [9.17, 15) is 18.0 Å². The SMILES string of the molecule is C=CC(=O)Nc1cccc(-c2cc(CN3CCN(CC(F)(F)F)CC3)cc(Nc3ncc(C)s3)n2)c1. The summed E-state index contributed by atoms with van der Waals surface area (Å²) in [6, 6.07) is 11.3. The van der Waals surface area contributed by atoms with Crippen LogP contribution in [0.1, 0.15) is 10.4 Å². The fourth-order valence-corrected chi connectivity index (χ4v) is 4.65. The highest BCUT2D eigenvalue weighted by Gasteiger charge is 2.32. The molecule has 0 unspecified atom stereocenters. The van der Waals surface area contributed by atoms with Gasteiger partial charge in [-0.1, -0.05) is 18.7 Å². The minimum absolute atomic E-state index is 0.306. The quantitative estimate of drug-likeness (QED) is 0.408. The molecule has 2 aromatic heterocycles. The molecule has 190 valence electrons. The number of benzene rings is 1. The molecule has 0 radical (unpaired) electrons. The van der Waals surface area contributed by atoms with Crippen LogP contribution in [-0.2, 0) is 11.3 Å². The number of pyridine rings is 1. The Kier molecular flexibility index (Phi) is 8.02. The van der Waals surface area contributed by atoms with Gasteiger partial charge in [-0.3, -0.25) is 14.6 Å². The second-order valence-corrected chi connectivity index (χ2v) is 9.82. The van der Waals surface area contributed by atoms with E-state index in [2.05, 4.69) is 27.1 Å². The van der Waals surface area contributed by atoms with Gasteiger partial charge in [0, 0.05) is 55.0 Å². The molecule has 3 aromatic rings. The zero-order valence-electron chi connectivity index (χ0n) is 19.8. The van der Waals surface area contributed by atoms with Crippen LogP contribution in [0.4, 0.5) is 29.8 Å². The lowest BCUT2D eigenvalue weighted by atomic mass is 10.1. The highest BCUT2D eigenvalue weighted by Crippen LogP contribution is 2.28. The first-order chi connectivity index (χ1) is 17.2. The Bertz CT molecular complexity index is 1220. The zero-order valence-corrected chi connectivity index (χ0v) is 20.6. The van der Waals surface area contributed by atoms with Crippen molar-refractivity contribution in [2.45, 2.75) is 19.6 Å². The third kappa shape index (κ3) is 7.36. The summed E-state index contributed by atoms with van der Waals surface area (Å²) in [4.78, 5) is 25.5. The second kappa shape index (κ2) is 11.2. The van der Waals surface area contributed by atoms with Gasteiger partial charge >= 0.3 is 6.18 Å². The number of piperazine rings is 1. The summed E-state index contributed by atoms with van der Waals surface area (Å²) in [7, 11) is 0. The van der Waals surface area contributed by atoms with E-state index in [1.807, 2.05) is 37.3 Å². The Morgan fingerprint density at radius 1 is 1.17 bits per heavy atom. The number of thiazole rings is 1. The van der Waals surface area contributed by atoms with Crippen LogP contribution in [0.3, 0.4) is 0 Å². The van der Waals surface area contributed by atoms with Crippen LogP contribution in [0.25, 0.3) is 11.3 Å². The largest absolute Gasteiger partial charge is 0.401 e. The maximum absolute atomic E-state index is 12.7. The molecule has 1 amide bonds. The summed E-state index contributed by atoms with van der Waals surface area (Å²) in [5.41, 5.74) is 3.11. The topological polar surface area (TPSA) is 73.4 Å². The van der Waals surface area contributed by atoms with Crippen molar-refractivity contribution in [3.8, 4) is 11.3 Å². The molecule has 1 fully saturated rings. The number of rotatable bonds is 8. The molecule has 0 bridgehead atoms. The molecule has 0 saturated carbocycles. The van der Waals surface area contributed by atoms with E-state index < -0.39 is 12.7 Å². The van der Waals surface area contributed by atoms with Crippen LogP contribution in [0.2, 0.25) is 0 Å². The number of carbonyl (C=O) groups excluding carboxylic acids is 1. The Morgan fingerprint density at radius 2 is 1.92 bits per heavy atom. The third-order valence-corrected chi connectivity index (χ3v) is 6.45. The molecular formula is C25H27F3N6OS. The van der Waals surface area contributed by atoms with Crippen molar-refractivity contribution < 1.29 is 18.0 Å². The summed E-state index contributed by atoms with van der Waals surface area (Å²) in [6.45, 7) is 6.98. The van der Waals surface area contributed by atoms with Crippen LogP contribution in [-0.4, -0.2) is 64.6 Å². The lowest BCUT2D eigenvalue weighted by Crippen LogP contribution is -2.48. The maximum atomic E-state index is 12.7. The molecule has 1 aliphatic heterocycles. The first kappa shape index (κ1) is 25.8. The molecule has 2 N–H and O–H groups in total. The number of aryl methyl sites for hydroxylation is 1. The zero-order chi connectivity index (χ0) is 25.7. The third-order valence-electron chi connectivity index (χ3n) is 5.63. The van der Waals surface area contributed by atoms with Crippen molar-refractivity contribution in [3.63, 3.8) is 0 Å². The summed E-state index contributed by atoms with van der Waals surface area (Å²) >= 11 is 1.52. The number of amides is 1. The van der Waals surface area contributed by atoms with E-state index >= 15 is 0 Å². The van der Waals surface area contributed by atoms with Crippen molar-refractivity contribution in [2.24, 2.45) is 0 Å². The Morgan fingerprint density at radius 3 is 2.58 bits per heavy atom. The van der Waals surface area contributed by atoms with Crippen LogP contribution >= 0.6 is 11.3 Å². The Hall–Kier alpha value is -3.28. The number of hydrogen-bond donors (Lipinski definition) is 2. The standard InChI is InChI=1S/C25H27F3N6OS/c1-3-23(35)30-20-6-4-5-19(13-20)21-11-18(12-22(31-21)32-24-29-14-17(2)36-24)15-33-7-9-34(10-8-33)16-25(26,27)28/h3-6,11-14H,1,7-10,15-16H2,2H3,(H,30,35)(H,29,31,32). The summed E-state index contributed by atoms with van der Waals surface area (Å²) in [5.74, 6) is 0.313. The fraction of sp³-hybridized carbons (Fsp3) is 0.320. The minimum atomic E-state index is -4.18. The molecule has 1 aliphatic rings. The van der Waals surface area contributed by atoms with E-state index in [1.54, 1.807) is 12.3 Å². The summed E-state index contributed by atoms with van der Waals surface area (Å²) in [5, 5.41) is 6.74. The lowest BCUT2D eigenvalue weighted by molar-refractivity contribution is -0.149. The molecule has 1 aromatic carbocycles. The molecule has 4 rings (SSSR count). The van der Waals surface area contributed by atoms with Crippen molar-refractivity contribution in [1.29, 1.82) is 0 Å². The normalized spacial score (nSPS) is 15.0. The Labute approximate surface area is 211 Å². The van der Waals surface area contributed by atoms with E-state index in [-0.39, 0.29) is 5.91 Å². The predicted octanol–water partition coefficient (Wildman–Crippen LogP) is 5.06. The van der Waals surface area contributed by atoms with Crippen LogP contribution in [0, 0.1) is 6.92 Å². The molecule has 1 saturated heterocycles. The molecule has 0 atom stereocenters. The number of nitrogens with one attached hydrogen (secondary N) is 2. The minimum Gasteiger partial charge on any atom is -0.323 e. The van der Waals surface area contributed by atoms with Gasteiger partial charge in [0.2, 0.25) is 5.91 Å². The fourth-order valence-electron chi connectivity index (χ4n) is 3.98. The first-order valence-corrected chi connectivity index (χ1v) is 12.2. The maximum Gasteiger partial charge on any atom is 0.401 e. The van der Waals surface area contributed by atoms with Crippen LogP contribution in [0.15, 0.2) is 55.3 Å². The summed E-state index contributed by atoms with van der Waals surface area (Å²) in [6.07, 6.45) is -1.20. The lowest BCUT2D eigenvalue weighted by Gasteiger charge is -2.35. The van der Waals surface area contributed by atoms with Crippen LogP contribution < -0.4 is 10.6 Å². The van der Waals surface area contributed by atoms with Gasteiger partial charge in [-0.2, -0.15) is 13.2 Å². The van der Waals surface area contributed by atoms with Gasteiger partial charge in [0.25, 0.3) is 0 Å². The number of alkyl halides is 3. The van der Waals surface area contributed by atoms with E-state index in [4.69, 9.17) is 4.98 Å². The smallest absolute Gasteiger partial charge is 0.323 e. The molecule has 7 nitrogen and oxygen atoms in total. The second-order valence-electron chi connectivity index (χ2n) is 8.59. The van der Waals surface area contributed by atoms with Crippen molar-refractivity contribution in [3.05, 3.63) is 65.7 Å². The number of hydrogen-bond acceptors (Lipinski definition) is 7. The number of anilines is 3. The Balaban J connectivity index is 1.56. The van der Waals surface area contributed by atoms with Gasteiger partial charge in [0.1, 0.15) is 5.82 Å². The molecule has 36 heavy (non-hydrogen) atoms. The van der Waals surface area contributed by atoms with Gasteiger partial charge in [0.15, 0.2) is 5.13 Å². The van der Waals surface area contributed by atoms with Gasteiger partial charge in [-0.25, -0.2) is 9.97 Å². The molecule has 0 aliphatic carbocycles. The molecular weight excluding hydrogens is 489 g/mol. The molecule has 11 heteroatoms. The van der Waals surface area contributed by atoms with Gasteiger partial charge in [0.05, 0.1) is 12.2 Å². The molecule has 0 spiro atoms. The van der Waals surface area contributed by atoms with Gasteiger partial charge in [-0.15, -0.1) is 11.3 Å². The van der Waals surface area contributed by atoms with E-state index in [0.29, 0.717) is 49.9 Å². The average Bonchev–Trinajstić information content (AvgIpc) is 3.23. The van der Waals surface area contributed by atoms with Gasteiger partial charge < -0.3 is 10.6 Å². The van der Waals surface area contributed by atoms with Crippen molar-refractivity contribution >= 4 is 33.9 Å². The summed E-state index contributed by atoms with van der Waals surface area (Å²) < 4.78 is 38.2. The number of halogens is 3.